The van der Waals surface area contributed by atoms with Gasteiger partial charge in [0, 0.05) is 11.2 Å². The van der Waals surface area contributed by atoms with Crippen LogP contribution in [0.15, 0.2) is 54.7 Å². The van der Waals surface area contributed by atoms with E-state index in [2.05, 4.69) is 10.4 Å². The van der Waals surface area contributed by atoms with Crippen molar-refractivity contribution in [3.63, 3.8) is 0 Å². The summed E-state index contributed by atoms with van der Waals surface area (Å²) < 4.78 is 1.59. The Hall–Kier alpha value is -2.30. The van der Waals surface area contributed by atoms with Gasteiger partial charge in [-0.05, 0) is 48.9 Å². The Morgan fingerprint density at radius 2 is 1.96 bits per heavy atom. The van der Waals surface area contributed by atoms with Gasteiger partial charge in [-0.15, -0.1) is 0 Å². The summed E-state index contributed by atoms with van der Waals surface area (Å²) in [5.74, 6) is -0.323. The summed E-state index contributed by atoms with van der Waals surface area (Å²) in [5, 5.41) is 8.12. The molecule has 3 rings (SSSR count). The first-order chi connectivity index (χ1) is 11.0. The molecule has 1 heterocycles. The number of carbonyl (C=O) groups excluding carboxylic acids is 1. The van der Waals surface area contributed by atoms with Crippen molar-refractivity contribution in [1.29, 1.82) is 0 Å². The molecule has 1 aromatic heterocycles. The monoisotopic (exact) mass is 345 g/mol. The van der Waals surface area contributed by atoms with Crippen LogP contribution in [0.3, 0.4) is 0 Å². The van der Waals surface area contributed by atoms with Crippen molar-refractivity contribution in [1.82, 2.24) is 9.78 Å². The highest BCUT2D eigenvalue weighted by Gasteiger charge is 2.12. The van der Waals surface area contributed by atoms with Gasteiger partial charge in [-0.25, -0.2) is 4.68 Å². The summed E-state index contributed by atoms with van der Waals surface area (Å²) in [4.78, 5) is 12.3. The van der Waals surface area contributed by atoms with Crippen LogP contribution >= 0.6 is 23.2 Å². The van der Waals surface area contributed by atoms with Gasteiger partial charge in [-0.2, -0.15) is 5.10 Å². The van der Waals surface area contributed by atoms with E-state index in [1.807, 2.05) is 25.1 Å². The number of hydrogen-bond donors (Lipinski definition) is 1. The Morgan fingerprint density at radius 3 is 2.70 bits per heavy atom. The summed E-state index contributed by atoms with van der Waals surface area (Å²) in [7, 11) is 0. The summed E-state index contributed by atoms with van der Waals surface area (Å²) in [6.45, 7) is 1.93. The molecule has 0 saturated carbocycles. The van der Waals surface area contributed by atoms with Crippen LogP contribution in [-0.2, 0) is 0 Å². The van der Waals surface area contributed by atoms with E-state index in [-0.39, 0.29) is 5.91 Å². The fourth-order valence-electron chi connectivity index (χ4n) is 2.12. The smallest absolute Gasteiger partial charge is 0.276 e. The second-order valence-corrected chi connectivity index (χ2v) is 5.91. The molecule has 0 radical (unpaired) electrons. The van der Waals surface area contributed by atoms with Crippen molar-refractivity contribution >= 4 is 34.8 Å². The number of halogens is 2. The number of rotatable bonds is 3. The molecular formula is C17H13Cl2N3O. The van der Waals surface area contributed by atoms with Crippen LogP contribution in [-0.4, -0.2) is 15.7 Å². The highest BCUT2D eigenvalue weighted by Crippen LogP contribution is 2.23. The molecule has 0 aliphatic heterocycles. The first-order valence-corrected chi connectivity index (χ1v) is 7.67. The average molecular weight is 346 g/mol. The van der Waals surface area contributed by atoms with Crippen LogP contribution in [0.25, 0.3) is 5.69 Å². The van der Waals surface area contributed by atoms with E-state index in [1.54, 1.807) is 41.2 Å². The second kappa shape index (κ2) is 6.44. The number of nitrogens with one attached hydrogen (secondary N) is 1. The number of nitrogens with zero attached hydrogens (tertiary/aromatic N) is 2. The van der Waals surface area contributed by atoms with Crippen molar-refractivity contribution in [3.8, 4) is 5.69 Å². The normalized spacial score (nSPS) is 10.6. The highest BCUT2D eigenvalue weighted by atomic mass is 35.5. The molecule has 3 aromatic rings. The van der Waals surface area contributed by atoms with Crippen molar-refractivity contribution in [2.45, 2.75) is 6.92 Å². The first-order valence-electron chi connectivity index (χ1n) is 6.92. The Balaban J connectivity index is 1.81. The number of amides is 1. The van der Waals surface area contributed by atoms with Gasteiger partial charge in [0.25, 0.3) is 5.91 Å². The number of aromatic nitrogens is 2. The summed E-state index contributed by atoms with van der Waals surface area (Å²) >= 11 is 12.1. The number of hydrogen-bond acceptors (Lipinski definition) is 2. The zero-order chi connectivity index (χ0) is 16.4. The Labute approximate surface area is 143 Å². The molecule has 0 aliphatic rings. The van der Waals surface area contributed by atoms with Gasteiger partial charge in [0.1, 0.15) is 0 Å². The number of aryl methyl sites for hydroxylation is 1. The SMILES string of the molecule is Cc1ccc(NC(=O)c2ccn(-c3cccc(Cl)c3)n2)c(Cl)c1. The highest BCUT2D eigenvalue weighted by molar-refractivity contribution is 6.34. The molecule has 0 fully saturated rings. The number of anilines is 1. The van der Waals surface area contributed by atoms with Gasteiger partial charge < -0.3 is 5.32 Å². The van der Waals surface area contributed by atoms with Crippen LogP contribution < -0.4 is 5.32 Å². The van der Waals surface area contributed by atoms with Gasteiger partial charge in [0.2, 0.25) is 0 Å². The summed E-state index contributed by atoms with van der Waals surface area (Å²) in [6, 6.07) is 14.3. The lowest BCUT2D eigenvalue weighted by Gasteiger charge is -2.06. The minimum absolute atomic E-state index is 0.293. The van der Waals surface area contributed by atoms with Gasteiger partial charge in [0.15, 0.2) is 5.69 Å². The van der Waals surface area contributed by atoms with E-state index in [1.165, 1.54) is 0 Å². The van der Waals surface area contributed by atoms with Crippen molar-refractivity contribution in [2.24, 2.45) is 0 Å². The third kappa shape index (κ3) is 3.55. The third-order valence-corrected chi connectivity index (χ3v) is 3.82. The van der Waals surface area contributed by atoms with Crippen molar-refractivity contribution < 1.29 is 4.79 Å². The molecule has 6 heteroatoms. The van der Waals surface area contributed by atoms with Gasteiger partial charge in [-0.3, -0.25) is 4.79 Å². The number of carbonyl (C=O) groups is 1. The van der Waals surface area contributed by atoms with Crippen LogP contribution in [0.5, 0.6) is 0 Å². The molecule has 0 unspecified atom stereocenters. The lowest BCUT2D eigenvalue weighted by atomic mass is 10.2. The van der Waals surface area contributed by atoms with E-state index in [0.717, 1.165) is 11.3 Å². The maximum absolute atomic E-state index is 12.3. The minimum atomic E-state index is -0.323. The predicted octanol–water partition coefficient (Wildman–Crippen LogP) is 4.74. The summed E-state index contributed by atoms with van der Waals surface area (Å²) in [6.07, 6.45) is 1.71. The van der Waals surface area contributed by atoms with E-state index >= 15 is 0 Å². The van der Waals surface area contributed by atoms with Crippen molar-refractivity contribution in [3.05, 3.63) is 76.0 Å². The van der Waals surface area contributed by atoms with E-state index < -0.39 is 0 Å². The molecule has 23 heavy (non-hydrogen) atoms. The van der Waals surface area contributed by atoms with Gasteiger partial charge in [0.05, 0.1) is 16.4 Å². The van der Waals surface area contributed by atoms with Crippen LogP contribution in [0.1, 0.15) is 16.1 Å². The molecule has 0 bridgehead atoms. The van der Waals surface area contributed by atoms with Crippen LogP contribution in [0, 0.1) is 6.92 Å². The van der Waals surface area contributed by atoms with E-state index in [4.69, 9.17) is 23.2 Å². The zero-order valence-corrected chi connectivity index (χ0v) is 13.8. The van der Waals surface area contributed by atoms with Gasteiger partial charge >= 0.3 is 0 Å². The standard InChI is InChI=1S/C17H13Cl2N3O/c1-11-5-6-15(14(19)9-11)20-17(23)16-7-8-22(21-16)13-4-2-3-12(18)10-13/h2-10H,1H3,(H,20,23). The molecule has 0 aliphatic carbocycles. The maximum Gasteiger partial charge on any atom is 0.276 e. The fourth-order valence-corrected chi connectivity index (χ4v) is 2.58. The van der Waals surface area contributed by atoms with Crippen molar-refractivity contribution in [2.75, 3.05) is 5.32 Å². The average Bonchev–Trinajstić information content (AvgIpc) is 3.00. The van der Waals surface area contributed by atoms with Crippen LogP contribution in [0.4, 0.5) is 5.69 Å². The minimum Gasteiger partial charge on any atom is -0.319 e. The maximum atomic E-state index is 12.3. The number of benzene rings is 2. The molecule has 1 amide bonds. The zero-order valence-electron chi connectivity index (χ0n) is 12.3. The quantitative estimate of drug-likeness (QED) is 0.745. The molecule has 0 atom stereocenters. The lowest BCUT2D eigenvalue weighted by molar-refractivity contribution is 0.102. The first kappa shape index (κ1) is 15.6. The Bertz CT molecular complexity index is 874. The topological polar surface area (TPSA) is 46.9 Å². The fraction of sp³-hybridized carbons (Fsp3) is 0.0588. The molecule has 2 aromatic carbocycles. The van der Waals surface area contributed by atoms with Gasteiger partial charge in [-0.1, -0.05) is 35.3 Å². The third-order valence-electron chi connectivity index (χ3n) is 3.27. The van der Waals surface area contributed by atoms with E-state index in [9.17, 15) is 4.79 Å². The Morgan fingerprint density at radius 1 is 1.13 bits per heavy atom. The molecule has 0 spiro atoms. The molecular weight excluding hydrogens is 333 g/mol. The lowest BCUT2D eigenvalue weighted by Crippen LogP contribution is -2.13. The second-order valence-electron chi connectivity index (χ2n) is 5.06. The molecule has 0 saturated heterocycles. The Kier molecular flexibility index (Phi) is 4.37. The van der Waals surface area contributed by atoms with Crippen LogP contribution in [0.2, 0.25) is 10.0 Å². The largest absolute Gasteiger partial charge is 0.319 e. The molecule has 116 valence electrons. The molecule has 1 N–H and O–H groups in total. The molecule has 4 nitrogen and oxygen atoms in total. The van der Waals surface area contributed by atoms with E-state index in [0.29, 0.717) is 21.4 Å². The predicted molar refractivity (Wildman–Crippen MR) is 92.7 cm³/mol. The summed E-state index contributed by atoms with van der Waals surface area (Å²) in [5.41, 5.74) is 2.66.